The van der Waals surface area contributed by atoms with Crippen molar-refractivity contribution in [1.29, 1.82) is 0 Å². The number of hydrogen-bond acceptors (Lipinski definition) is 5. The second-order valence-corrected chi connectivity index (χ2v) is 5.42. The minimum absolute atomic E-state index is 0.320. The van der Waals surface area contributed by atoms with E-state index in [-0.39, 0.29) is 0 Å². The van der Waals surface area contributed by atoms with Crippen LogP contribution in [0.2, 0.25) is 0 Å². The van der Waals surface area contributed by atoms with E-state index >= 15 is 0 Å². The largest absolute Gasteiger partial charge is 0.476 e. The van der Waals surface area contributed by atoms with Gasteiger partial charge in [-0.1, -0.05) is 0 Å². The van der Waals surface area contributed by atoms with E-state index in [4.69, 9.17) is 26.4 Å². The summed E-state index contributed by atoms with van der Waals surface area (Å²) in [7, 11) is 3.61. The van der Waals surface area contributed by atoms with Gasteiger partial charge < -0.3 is 19.1 Å². The molecule has 5 nitrogen and oxygen atoms in total. The molecule has 0 atom stereocenters. The summed E-state index contributed by atoms with van der Waals surface area (Å²) in [5.74, 6) is 0.755. The normalized spacial score (nSPS) is 10.7. The highest BCUT2D eigenvalue weighted by Gasteiger charge is 2.31. The number of carbonyl (C=O) groups is 1. The summed E-state index contributed by atoms with van der Waals surface area (Å²) in [6, 6.07) is 6.89. The Morgan fingerprint density at radius 3 is 2.19 bits per heavy atom. The lowest BCUT2D eigenvalue weighted by molar-refractivity contribution is -0.158. The second kappa shape index (κ2) is 7.26. The van der Waals surface area contributed by atoms with Crippen molar-refractivity contribution in [2.75, 3.05) is 20.7 Å². The van der Waals surface area contributed by atoms with Gasteiger partial charge in [0.15, 0.2) is 5.60 Å². The van der Waals surface area contributed by atoms with Gasteiger partial charge in [0, 0.05) is 14.1 Å². The van der Waals surface area contributed by atoms with Crippen LogP contribution >= 0.6 is 12.2 Å². The van der Waals surface area contributed by atoms with E-state index in [1.54, 1.807) is 49.9 Å². The van der Waals surface area contributed by atoms with E-state index in [1.807, 2.05) is 14.1 Å². The van der Waals surface area contributed by atoms with Crippen molar-refractivity contribution >= 4 is 23.4 Å². The number of esters is 1. The van der Waals surface area contributed by atoms with Crippen LogP contribution < -0.4 is 9.47 Å². The van der Waals surface area contributed by atoms with Crippen LogP contribution in [0.3, 0.4) is 0 Å². The molecule has 0 radical (unpaired) electrons. The van der Waals surface area contributed by atoms with Gasteiger partial charge in [0.2, 0.25) is 0 Å². The molecule has 0 fully saturated rings. The van der Waals surface area contributed by atoms with Crippen LogP contribution in [-0.4, -0.2) is 42.3 Å². The van der Waals surface area contributed by atoms with Crippen LogP contribution in [-0.2, 0) is 9.53 Å². The molecule has 0 saturated carbocycles. The highest BCUT2D eigenvalue weighted by molar-refractivity contribution is 7.80. The minimum Gasteiger partial charge on any atom is -0.476 e. The van der Waals surface area contributed by atoms with Gasteiger partial charge in [-0.3, -0.25) is 0 Å². The predicted octanol–water partition coefficient (Wildman–Crippen LogP) is 2.63. The summed E-state index contributed by atoms with van der Waals surface area (Å²) < 4.78 is 16.1. The van der Waals surface area contributed by atoms with Crippen LogP contribution in [0.1, 0.15) is 20.8 Å². The highest BCUT2D eigenvalue weighted by Crippen LogP contribution is 2.23. The Bertz CT molecular complexity index is 497. The van der Waals surface area contributed by atoms with E-state index in [1.165, 1.54) is 0 Å². The first-order valence-corrected chi connectivity index (χ1v) is 7.02. The van der Waals surface area contributed by atoms with Crippen LogP contribution in [0.5, 0.6) is 11.5 Å². The summed E-state index contributed by atoms with van der Waals surface area (Å²) in [5.41, 5.74) is -1.04. The first-order valence-electron chi connectivity index (χ1n) is 6.61. The van der Waals surface area contributed by atoms with E-state index in [2.05, 4.69) is 0 Å². The Kier molecular flexibility index (Phi) is 5.96. The molecular weight excluding hydrogens is 290 g/mol. The van der Waals surface area contributed by atoms with Gasteiger partial charge in [-0.15, -0.1) is 0 Å². The maximum Gasteiger partial charge on any atom is 0.349 e. The molecule has 0 aromatic heterocycles. The van der Waals surface area contributed by atoms with Crippen molar-refractivity contribution < 1.29 is 19.0 Å². The SMILES string of the molecule is CCOC(=O)C(C)(C)Oc1ccc(OC(=S)N(C)C)cc1. The average Bonchev–Trinajstić information content (AvgIpc) is 2.40. The lowest BCUT2D eigenvalue weighted by atomic mass is 10.1. The Labute approximate surface area is 130 Å². The van der Waals surface area contributed by atoms with Crippen molar-refractivity contribution in [2.45, 2.75) is 26.4 Å². The molecule has 0 unspecified atom stereocenters. The lowest BCUT2D eigenvalue weighted by Crippen LogP contribution is -2.39. The third-order valence-corrected chi connectivity index (χ3v) is 2.98. The number of benzene rings is 1. The molecule has 0 saturated heterocycles. The number of carbonyl (C=O) groups excluding carboxylic acids is 1. The number of hydrogen-bond donors (Lipinski definition) is 0. The van der Waals surface area contributed by atoms with Crippen molar-refractivity contribution in [2.24, 2.45) is 0 Å². The van der Waals surface area contributed by atoms with Gasteiger partial charge in [0.05, 0.1) is 6.61 Å². The maximum absolute atomic E-state index is 11.8. The Balaban J connectivity index is 2.70. The van der Waals surface area contributed by atoms with E-state index in [9.17, 15) is 4.79 Å². The first kappa shape index (κ1) is 17.2. The molecule has 0 aliphatic heterocycles. The number of nitrogens with zero attached hydrogens (tertiary/aromatic N) is 1. The second-order valence-electron chi connectivity index (χ2n) is 5.07. The molecule has 0 bridgehead atoms. The molecule has 0 heterocycles. The molecule has 6 heteroatoms. The smallest absolute Gasteiger partial charge is 0.349 e. The first-order chi connectivity index (χ1) is 9.76. The molecule has 116 valence electrons. The molecule has 1 aromatic carbocycles. The average molecular weight is 311 g/mol. The Hall–Kier alpha value is -1.82. The van der Waals surface area contributed by atoms with Gasteiger partial charge in [0.1, 0.15) is 11.5 Å². The Morgan fingerprint density at radius 2 is 1.71 bits per heavy atom. The topological polar surface area (TPSA) is 48.0 Å². The zero-order chi connectivity index (χ0) is 16.0. The highest BCUT2D eigenvalue weighted by atomic mass is 32.1. The van der Waals surface area contributed by atoms with Crippen LogP contribution in [0.4, 0.5) is 0 Å². The summed E-state index contributed by atoms with van der Waals surface area (Å²) >= 11 is 5.05. The molecule has 1 rings (SSSR count). The number of rotatable bonds is 5. The van der Waals surface area contributed by atoms with Crippen LogP contribution in [0.15, 0.2) is 24.3 Å². The van der Waals surface area contributed by atoms with Gasteiger partial charge in [0.25, 0.3) is 5.17 Å². The molecule has 0 N–H and O–H groups in total. The molecule has 0 aliphatic rings. The summed E-state index contributed by atoms with van der Waals surface area (Å²) in [5, 5.41) is 0.371. The number of ether oxygens (including phenoxy) is 3. The van der Waals surface area contributed by atoms with Crippen molar-refractivity contribution in [1.82, 2.24) is 4.90 Å². The molecule has 0 aliphatic carbocycles. The monoisotopic (exact) mass is 311 g/mol. The predicted molar refractivity (Wildman–Crippen MR) is 84.7 cm³/mol. The third-order valence-electron chi connectivity index (χ3n) is 2.53. The minimum atomic E-state index is -1.04. The molecule has 1 aromatic rings. The van der Waals surface area contributed by atoms with Gasteiger partial charge in [-0.05, 0) is 57.3 Å². The summed E-state index contributed by atoms with van der Waals surface area (Å²) in [6.45, 7) is 5.40. The fraction of sp³-hybridized carbons (Fsp3) is 0.467. The standard InChI is InChI=1S/C15H21NO4S/c1-6-18-13(17)15(2,3)20-12-9-7-11(8-10-12)19-14(21)16(4)5/h7-10H,6H2,1-5H3. The summed E-state index contributed by atoms with van der Waals surface area (Å²) in [6.07, 6.45) is 0. The van der Waals surface area contributed by atoms with Crippen molar-refractivity contribution in [3.05, 3.63) is 24.3 Å². The molecule has 0 amide bonds. The van der Waals surface area contributed by atoms with Gasteiger partial charge >= 0.3 is 5.97 Å². The lowest BCUT2D eigenvalue weighted by Gasteiger charge is -2.24. The van der Waals surface area contributed by atoms with Crippen molar-refractivity contribution in [3.63, 3.8) is 0 Å². The van der Waals surface area contributed by atoms with Gasteiger partial charge in [-0.25, -0.2) is 4.79 Å². The molecule has 0 spiro atoms. The van der Waals surface area contributed by atoms with Crippen LogP contribution in [0.25, 0.3) is 0 Å². The van der Waals surface area contributed by atoms with Crippen LogP contribution in [0, 0.1) is 0 Å². The quantitative estimate of drug-likeness (QED) is 0.615. The number of thiocarbonyl (C=S) groups is 1. The van der Waals surface area contributed by atoms with Gasteiger partial charge in [-0.2, -0.15) is 0 Å². The van der Waals surface area contributed by atoms with E-state index in [0.717, 1.165) is 0 Å². The maximum atomic E-state index is 11.8. The molecule has 21 heavy (non-hydrogen) atoms. The zero-order valence-electron chi connectivity index (χ0n) is 13.0. The van der Waals surface area contributed by atoms with E-state index < -0.39 is 11.6 Å². The fourth-order valence-corrected chi connectivity index (χ4v) is 1.51. The van der Waals surface area contributed by atoms with Crippen molar-refractivity contribution in [3.8, 4) is 11.5 Å². The zero-order valence-corrected chi connectivity index (χ0v) is 13.8. The fourth-order valence-electron chi connectivity index (χ4n) is 1.41. The Morgan fingerprint density at radius 1 is 1.19 bits per heavy atom. The third kappa shape index (κ3) is 5.23. The molecular formula is C15H21NO4S. The summed E-state index contributed by atoms with van der Waals surface area (Å²) in [4.78, 5) is 13.5. The van der Waals surface area contributed by atoms with E-state index in [0.29, 0.717) is 23.3 Å².